The summed E-state index contributed by atoms with van der Waals surface area (Å²) in [5.41, 5.74) is 0.261. The Labute approximate surface area is 121 Å². The maximum absolute atomic E-state index is 11.9. The van der Waals surface area contributed by atoms with Gasteiger partial charge in [0.25, 0.3) is 5.91 Å². The third-order valence-corrected chi connectivity index (χ3v) is 5.36. The Morgan fingerprint density at radius 2 is 2.16 bits per heavy atom. The lowest BCUT2D eigenvalue weighted by Gasteiger charge is -2.22. The van der Waals surface area contributed by atoms with Gasteiger partial charge in [-0.15, -0.1) is 0 Å². The van der Waals surface area contributed by atoms with Crippen molar-refractivity contribution in [1.82, 2.24) is 10.3 Å². The highest BCUT2D eigenvalue weighted by molar-refractivity contribution is 7.91. The first-order valence-electron chi connectivity index (χ1n) is 5.70. The van der Waals surface area contributed by atoms with Gasteiger partial charge in [-0.2, -0.15) is 0 Å². The summed E-state index contributed by atoms with van der Waals surface area (Å²) < 4.78 is 23.0. The average molecular weight is 323 g/mol. The van der Waals surface area contributed by atoms with Crippen LogP contribution in [-0.4, -0.2) is 36.9 Å². The molecule has 1 fully saturated rings. The molecule has 1 unspecified atom stereocenters. The molecule has 2 heterocycles. The Morgan fingerprint density at radius 1 is 1.42 bits per heavy atom. The van der Waals surface area contributed by atoms with Crippen LogP contribution in [0.4, 0.5) is 0 Å². The minimum absolute atomic E-state index is 0.0203. The summed E-state index contributed by atoms with van der Waals surface area (Å²) in [6, 6.07) is 1.05. The standard InChI is InChI=1S/C11H12Cl2N2O3S/c12-9-4-7(5-14-10(9)13)11(16)15-8-2-1-3-19(17,18)6-8/h4-5,8H,1-3,6H2,(H,15,16). The van der Waals surface area contributed by atoms with Gasteiger partial charge in [-0.3, -0.25) is 4.79 Å². The van der Waals surface area contributed by atoms with E-state index < -0.39 is 15.7 Å². The van der Waals surface area contributed by atoms with E-state index in [0.29, 0.717) is 12.8 Å². The van der Waals surface area contributed by atoms with Crippen LogP contribution in [0.25, 0.3) is 0 Å². The van der Waals surface area contributed by atoms with E-state index in [-0.39, 0.29) is 33.3 Å². The smallest absolute Gasteiger partial charge is 0.253 e. The fourth-order valence-electron chi connectivity index (χ4n) is 1.95. The summed E-state index contributed by atoms with van der Waals surface area (Å²) in [5, 5.41) is 2.99. The number of hydrogen-bond acceptors (Lipinski definition) is 4. The molecule has 0 spiro atoms. The number of nitrogens with one attached hydrogen (secondary N) is 1. The van der Waals surface area contributed by atoms with Crippen LogP contribution in [-0.2, 0) is 9.84 Å². The molecule has 1 aromatic rings. The second kappa shape index (κ2) is 5.64. The molecule has 2 rings (SSSR count). The normalized spacial score (nSPS) is 21.9. The monoisotopic (exact) mass is 322 g/mol. The van der Waals surface area contributed by atoms with Crippen LogP contribution in [0.3, 0.4) is 0 Å². The van der Waals surface area contributed by atoms with Gasteiger partial charge in [0.05, 0.1) is 22.1 Å². The number of aromatic nitrogens is 1. The molecule has 1 N–H and O–H groups in total. The van der Waals surface area contributed by atoms with Crippen molar-refractivity contribution in [2.45, 2.75) is 18.9 Å². The molecule has 1 aliphatic heterocycles. The zero-order valence-electron chi connectivity index (χ0n) is 9.90. The molecule has 0 radical (unpaired) electrons. The first-order chi connectivity index (χ1) is 8.87. The van der Waals surface area contributed by atoms with E-state index in [1.807, 2.05) is 0 Å². The van der Waals surface area contributed by atoms with Gasteiger partial charge in [-0.25, -0.2) is 13.4 Å². The molecule has 1 saturated heterocycles. The fraction of sp³-hybridized carbons (Fsp3) is 0.455. The van der Waals surface area contributed by atoms with Crippen LogP contribution >= 0.6 is 23.2 Å². The third-order valence-electron chi connectivity index (χ3n) is 2.86. The maximum Gasteiger partial charge on any atom is 0.253 e. The minimum atomic E-state index is -3.05. The third kappa shape index (κ3) is 3.81. The van der Waals surface area contributed by atoms with Crippen molar-refractivity contribution in [3.05, 3.63) is 28.0 Å². The van der Waals surface area contributed by atoms with E-state index in [4.69, 9.17) is 23.2 Å². The number of carbonyl (C=O) groups is 1. The zero-order chi connectivity index (χ0) is 14.0. The Morgan fingerprint density at radius 3 is 2.79 bits per heavy atom. The summed E-state index contributed by atoms with van der Waals surface area (Å²) in [6.45, 7) is 0. The lowest BCUT2D eigenvalue weighted by Crippen LogP contribution is -2.43. The summed E-state index contributed by atoms with van der Waals surface area (Å²) in [7, 11) is -3.05. The zero-order valence-corrected chi connectivity index (χ0v) is 12.2. The summed E-state index contributed by atoms with van der Waals surface area (Å²) in [6.07, 6.45) is 2.52. The molecular formula is C11H12Cl2N2O3S. The molecule has 1 aromatic heterocycles. The second-order valence-electron chi connectivity index (χ2n) is 4.42. The number of hydrogen-bond donors (Lipinski definition) is 1. The topological polar surface area (TPSA) is 76.1 Å². The quantitative estimate of drug-likeness (QED) is 0.841. The molecule has 0 aliphatic carbocycles. The maximum atomic E-state index is 11.9. The van der Waals surface area contributed by atoms with Gasteiger partial charge in [-0.1, -0.05) is 23.2 Å². The first kappa shape index (κ1) is 14.6. The van der Waals surface area contributed by atoms with E-state index in [1.54, 1.807) is 0 Å². The Bertz CT molecular complexity index is 604. The lowest BCUT2D eigenvalue weighted by atomic mass is 10.1. The van der Waals surface area contributed by atoms with Crippen LogP contribution < -0.4 is 5.32 Å². The number of amides is 1. The largest absolute Gasteiger partial charge is 0.348 e. The molecule has 1 amide bonds. The number of carbonyl (C=O) groups excluding carboxylic acids is 1. The lowest BCUT2D eigenvalue weighted by molar-refractivity contribution is 0.0938. The molecule has 19 heavy (non-hydrogen) atoms. The Balaban J connectivity index is 2.06. The highest BCUT2D eigenvalue weighted by Gasteiger charge is 2.26. The van der Waals surface area contributed by atoms with Gasteiger partial charge in [0.2, 0.25) is 0 Å². The molecule has 0 bridgehead atoms. The number of pyridine rings is 1. The van der Waals surface area contributed by atoms with Crippen molar-refractivity contribution in [3.8, 4) is 0 Å². The van der Waals surface area contributed by atoms with Crippen molar-refractivity contribution in [2.75, 3.05) is 11.5 Å². The van der Waals surface area contributed by atoms with Gasteiger partial charge in [0.15, 0.2) is 9.84 Å². The van der Waals surface area contributed by atoms with E-state index in [9.17, 15) is 13.2 Å². The average Bonchev–Trinajstić information content (AvgIpc) is 2.31. The number of rotatable bonds is 2. The van der Waals surface area contributed by atoms with Crippen LogP contribution in [0.2, 0.25) is 10.2 Å². The summed E-state index contributed by atoms with van der Waals surface area (Å²) >= 11 is 11.4. The van der Waals surface area contributed by atoms with Crippen LogP contribution in [0, 0.1) is 0 Å². The van der Waals surface area contributed by atoms with Gasteiger partial charge < -0.3 is 5.32 Å². The van der Waals surface area contributed by atoms with Gasteiger partial charge in [-0.05, 0) is 18.9 Å². The Hall–Kier alpha value is -0.850. The van der Waals surface area contributed by atoms with E-state index in [2.05, 4.69) is 10.3 Å². The second-order valence-corrected chi connectivity index (χ2v) is 7.42. The molecule has 0 aromatic carbocycles. The summed E-state index contributed by atoms with van der Waals surface area (Å²) in [4.78, 5) is 15.7. The molecule has 1 atom stereocenters. The molecule has 8 heteroatoms. The molecule has 0 saturated carbocycles. The van der Waals surface area contributed by atoms with Crippen molar-refractivity contribution in [1.29, 1.82) is 0 Å². The molecule has 1 aliphatic rings. The van der Waals surface area contributed by atoms with Crippen LogP contribution in [0.5, 0.6) is 0 Å². The molecular weight excluding hydrogens is 311 g/mol. The first-order valence-corrected chi connectivity index (χ1v) is 8.27. The van der Waals surface area contributed by atoms with E-state index in [0.717, 1.165) is 0 Å². The van der Waals surface area contributed by atoms with Crippen LogP contribution in [0.1, 0.15) is 23.2 Å². The predicted molar refractivity (Wildman–Crippen MR) is 73.4 cm³/mol. The van der Waals surface area contributed by atoms with Gasteiger partial charge in [0.1, 0.15) is 5.15 Å². The summed E-state index contributed by atoms with van der Waals surface area (Å²) in [5.74, 6) is -0.227. The highest BCUT2D eigenvalue weighted by atomic mass is 35.5. The van der Waals surface area contributed by atoms with Crippen LogP contribution in [0.15, 0.2) is 12.3 Å². The van der Waals surface area contributed by atoms with E-state index >= 15 is 0 Å². The predicted octanol–water partition coefficient (Wildman–Crippen LogP) is 1.70. The van der Waals surface area contributed by atoms with Crippen molar-refractivity contribution in [2.24, 2.45) is 0 Å². The molecule has 5 nitrogen and oxygen atoms in total. The fourth-order valence-corrected chi connectivity index (χ4v) is 3.86. The SMILES string of the molecule is O=C(NC1CCCS(=O)(=O)C1)c1cnc(Cl)c(Cl)c1. The number of halogens is 2. The minimum Gasteiger partial charge on any atom is -0.348 e. The van der Waals surface area contributed by atoms with Gasteiger partial charge >= 0.3 is 0 Å². The Kier molecular flexibility index (Phi) is 4.32. The number of sulfone groups is 1. The van der Waals surface area contributed by atoms with Crippen molar-refractivity contribution < 1.29 is 13.2 Å². The van der Waals surface area contributed by atoms with Crippen molar-refractivity contribution >= 4 is 38.9 Å². The molecule has 104 valence electrons. The van der Waals surface area contributed by atoms with Gasteiger partial charge in [0, 0.05) is 12.2 Å². The van der Waals surface area contributed by atoms with E-state index in [1.165, 1.54) is 12.3 Å². The number of nitrogens with zero attached hydrogens (tertiary/aromatic N) is 1. The van der Waals surface area contributed by atoms with Crippen molar-refractivity contribution in [3.63, 3.8) is 0 Å². The highest BCUT2D eigenvalue weighted by Crippen LogP contribution is 2.20.